The molecule has 0 bridgehead atoms. The molecule has 3 unspecified atom stereocenters. The Morgan fingerprint density at radius 3 is 2.90 bits per heavy atom. The van der Waals surface area contributed by atoms with Crippen LogP contribution < -0.4 is 10.1 Å². The quantitative estimate of drug-likeness (QED) is 0.839. The van der Waals surface area contributed by atoms with Crippen molar-refractivity contribution in [3.63, 3.8) is 0 Å². The third kappa shape index (κ3) is 4.99. The topological polar surface area (TPSA) is 44.7 Å². The summed E-state index contributed by atoms with van der Waals surface area (Å²) in [5.74, 6) is 0.851. The van der Waals surface area contributed by atoms with Gasteiger partial charge in [0.25, 0.3) is 0 Å². The third-order valence-corrected chi connectivity index (χ3v) is 4.38. The number of hydrogen-bond donors (Lipinski definition) is 2. The molecule has 0 radical (unpaired) electrons. The van der Waals surface area contributed by atoms with Crippen molar-refractivity contribution in [1.82, 2.24) is 10.2 Å². The lowest BCUT2D eigenvalue weighted by Crippen LogP contribution is -2.47. The van der Waals surface area contributed by atoms with Gasteiger partial charge in [-0.2, -0.15) is 0 Å². The lowest BCUT2D eigenvalue weighted by atomic mass is 9.99. The smallest absolute Gasteiger partial charge is 0.122 e. The Morgan fingerprint density at radius 2 is 2.19 bits per heavy atom. The van der Waals surface area contributed by atoms with Gasteiger partial charge in [-0.15, -0.1) is 0 Å². The SMILES string of the molecule is Cc1ccccc1OCC(O)CNC1CCN(C)C(C)C1. The van der Waals surface area contributed by atoms with Crippen LogP contribution in [0.2, 0.25) is 0 Å². The minimum absolute atomic E-state index is 0.333. The Kier molecular flexibility index (Phi) is 6.03. The summed E-state index contributed by atoms with van der Waals surface area (Å²) in [5.41, 5.74) is 1.10. The largest absolute Gasteiger partial charge is 0.491 e. The summed E-state index contributed by atoms with van der Waals surface area (Å²) in [5, 5.41) is 13.5. The van der Waals surface area contributed by atoms with Gasteiger partial charge in [0.15, 0.2) is 0 Å². The number of likely N-dealkylation sites (tertiary alicyclic amines) is 1. The summed E-state index contributed by atoms with van der Waals surface area (Å²) in [7, 11) is 2.17. The fourth-order valence-electron chi connectivity index (χ4n) is 2.74. The highest BCUT2D eigenvalue weighted by Crippen LogP contribution is 2.17. The number of benzene rings is 1. The van der Waals surface area contributed by atoms with Gasteiger partial charge in [0.1, 0.15) is 18.5 Å². The molecule has 4 heteroatoms. The van der Waals surface area contributed by atoms with Gasteiger partial charge in [-0.25, -0.2) is 0 Å². The Hall–Kier alpha value is -1.10. The molecular weight excluding hydrogens is 264 g/mol. The van der Waals surface area contributed by atoms with Crippen molar-refractivity contribution in [3.05, 3.63) is 29.8 Å². The zero-order chi connectivity index (χ0) is 15.2. The number of aliphatic hydroxyl groups is 1. The predicted octanol–water partition coefficient (Wildman–Crippen LogP) is 1.81. The number of aliphatic hydroxyl groups excluding tert-OH is 1. The van der Waals surface area contributed by atoms with Crippen molar-refractivity contribution in [3.8, 4) is 5.75 Å². The van der Waals surface area contributed by atoms with E-state index in [0.29, 0.717) is 25.2 Å². The van der Waals surface area contributed by atoms with Gasteiger partial charge in [-0.1, -0.05) is 18.2 Å². The van der Waals surface area contributed by atoms with Crippen LogP contribution in [0.4, 0.5) is 0 Å². The van der Waals surface area contributed by atoms with E-state index in [9.17, 15) is 5.11 Å². The minimum atomic E-state index is -0.473. The monoisotopic (exact) mass is 292 g/mol. The number of piperidine rings is 1. The van der Waals surface area contributed by atoms with Gasteiger partial charge >= 0.3 is 0 Å². The first-order valence-corrected chi connectivity index (χ1v) is 7.86. The summed E-state index contributed by atoms with van der Waals surface area (Å²) in [4.78, 5) is 2.38. The number of nitrogens with zero attached hydrogens (tertiary/aromatic N) is 1. The molecular formula is C17H28N2O2. The van der Waals surface area contributed by atoms with E-state index < -0.39 is 6.10 Å². The summed E-state index contributed by atoms with van der Waals surface area (Å²) in [6.45, 7) is 6.31. The molecule has 21 heavy (non-hydrogen) atoms. The number of rotatable bonds is 6. The molecule has 2 N–H and O–H groups in total. The minimum Gasteiger partial charge on any atom is -0.491 e. The van der Waals surface area contributed by atoms with Gasteiger partial charge in [0, 0.05) is 18.6 Å². The molecule has 1 aliphatic heterocycles. The highest BCUT2D eigenvalue weighted by Gasteiger charge is 2.22. The van der Waals surface area contributed by atoms with Gasteiger partial charge in [-0.3, -0.25) is 0 Å². The first-order valence-electron chi connectivity index (χ1n) is 7.86. The molecule has 0 amide bonds. The second-order valence-electron chi connectivity index (χ2n) is 6.19. The molecule has 0 aliphatic carbocycles. The Balaban J connectivity index is 1.68. The second kappa shape index (κ2) is 7.78. The van der Waals surface area contributed by atoms with Gasteiger partial charge in [-0.05, 0) is 51.9 Å². The highest BCUT2D eigenvalue weighted by molar-refractivity contribution is 5.31. The molecule has 118 valence electrons. The van der Waals surface area contributed by atoms with Crippen LogP contribution in [0, 0.1) is 6.92 Å². The van der Waals surface area contributed by atoms with Crippen LogP contribution in [-0.2, 0) is 0 Å². The molecule has 4 nitrogen and oxygen atoms in total. The zero-order valence-corrected chi connectivity index (χ0v) is 13.4. The first-order chi connectivity index (χ1) is 10.1. The van der Waals surface area contributed by atoms with Crippen molar-refractivity contribution in [2.75, 3.05) is 26.7 Å². The maximum absolute atomic E-state index is 10.1. The molecule has 1 aliphatic rings. The summed E-state index contributed by atoms with van der Waals surface area (Å²) in [6, 6.07) is 9.00. The molecule has 0 aromatic heterocycles. The van der Waals surface area contributed by atoms with E-state index in [2.05, 4.69) is 24.2 Å². The van der Waals surface area contributed by atoms with Crippen LogP contribution >= 0.6 is 0 Å². The Morgan fingerprint density at radius 1 is 1.43 bits per heavy atom. The number of nitrogens with one attached hydrogen (secondary N) is 1. The molecule has 1 aromatic rings. The summed E-state index contributed by atoms with van der Waals surface area (Å²) in [6.07, 6.45) is 1.81. The Labute approximate surface area is 128 Å². The predicted molar refractivity (Wildman–Crippen MR) is 85.8 cm³/mol. The van der Waals surface area contributed by atoms with Crippen LogP contribution in [-0.4, -0.2) is 54.9 Å². The zero-order valence-electron chi connectivity index (χ0n) is 13.4. The highest BCUT2D eigenvalue weighted by atomic mass is 16.5. The van der Waals surface area contributed by atoms with Crippen molar-refractivity contribution < 1.29 is 9.84 Å². The van der Waals surface area contributed by atoms with Crippen LogP contribution in [0.25, 0.3) is 0 Å². The maximum atomic E-state index is 10.1. The third-order valence-electron chi connectivity index (χ3n) is 4.38. The van der Waals surface area contributed by atoms with E-state index in [0.717, 1.165) is 30.7 Å². The van der Waals surface area contributed by atoms with Crippen LogP contribution in [0.3, 0.4) is 0 Å². The average molecular weight is 292 g/mol. The lowest BCUT2D eigenvalue weighted by molar-refractivity contribution is 0.0950. The fraction of sp³-hybridized carbons (Fsp3) is 0.647. The molecule has 2 rings (SSSR count). The standard InChI is InChI=1S/C17H28N2O2/c1-13-6-4-5-7-17(13)21-12-16(20)11-18-15-8-9-19(3)14(2)10-15/h4-7,14-16,18,20H,8-12H2,1-3H3. The number of ether oxygens (including phenoxy) is 1. The maximum Gasteiger partial charge on any atom is 0.122 e. The molecule has 1 saturated heterocycles. The molecule has 0 saturated carbocycles. The van der Waals surface area contributed by atoms with Crippen molar-refractivity contribution >= 4 is 0 Å². The van der Waals surface area contributed by atoms with E-state index in [1.54, 1.807) is 0 Å². The molecule has 0 spiro atoms. The van der Waals surface area contributed by atoms with E-state index in [-0.39, 0.29) is 0 Å². The summed E-state index contributed by atoms with van der Waals surface area (Å²) >= 11 is 0. The molecule has 1 fully saturated rings. The van der Waals surface area contributed by atoms with Gasteiger partial charge in [0.05, 0.1) is 0 Å². The second-order valence-corrected chi connectivity index (χ2v) is 6.19. The number of hydrogen-bond acceptors (Lipinski definition) is 4. The van der Waals surface area contributed by atoms with Crippen molar-refractivity contribution in [1.29, 1.82) is 0 Å². The van der Waals surface area contributed by atoms with E-state index in [1.165, 1.54) is 0 Å². The summed E-state index contributed by atoms with van der Waals surface area (Å²) < 4.78 is 5.68. The average Bonchev–Trinajstić information content (AvgIpc) is 2.47. The van der Waals surface area contributed by atoms with Gasteiger partial charge in [0.2, 0.25) is 0 Å². The van der Waals surface area contributed by atoms with Crippen molar-refractivity contribution in [2.45, 2.75) is 44.9 Å². The molecule has 3 atom stereocenters. The van der Waals surface area contributed by atoms with Crippen LogP contribution in [0.15, 0.2) is 24.3 Å². The Bertz CT molecular complexity index is 439. The van der Waals surface area contributed by atoms with Crippen molar-refractivity contribution in [2.24, 2.45) is 0 Å². The van der Waals surface area contributed by atoms with E-state index in [1.807, 2.05) is 31.2 Å². The van der Waals surface area contributed by atoms with E-state index in [4.69, 9.17) is 4.74 Å². The lowest BCUT2D eigenvalue weighted by Gasteiger charge is -2.35. The molecule has 1 aromatic carbocycles. The normalized spacial score (nSPS) is 24.8. The van der Waals surface area contributed by atoms with E-state index >= 15 is 0 Å². The fourth-order valence-corrected chi connectivity index (χ4v) is 2.74. The van der Waals surface area contributed by atoms with Crippen LogP contribution in [0.1, 0.15) is 25.3 Å². The number of para-hydroxylation sites is 1. The van der Waals surface area contributed by atoms with Gasteiger partial charge < -0.3 is 20.1 Å². The number of aryl methyl sites for hydroxylation is 1. The molecule has 1 heterocycles. The van der Waals surface area contributed by atoms with Crippen LogP contribution in [0.5, 0.6) is 5.75 Å². The first kappa shape index (κ1) is 16.3.